The summed E-state index contributed by atoms with van der Waals surface area (Å²) in [6.07, 6.45) is -2.62. The zero-order chi connectivity index (χ0) is 18.8. The highest BCUT2D eigenvalue weighted by Gasteiger charge is 2.39. The Hall–Kier alpha value is -1.84. The average molecular weight is 388 g/mol. The third-order valence-corrected chi connectivity index (χ3v) is 6.27. The van der Waals surface area contributed by atoms with Gasteiger partial charge in [-0.1, -0.05) is 12.1 Å². The first-order valence-electron chi connectivity index (χ1n) is 8.19. The molecule has 0 aliphatic carbocycles. The quantitative estimate of drug-likeness (QED) is 0.807. The lowest BCUT2D eigenvalue weighted by atomic mass is 10.2. The Morgan fingerprint density at radius 1 is 1.00 bits per heavy atom. The molecule has 26 heavy (non-hydrogen) atoms. The zero-order valence-electron chi connectivity index (χ0n) is 13.9. The monoisotopic (exact) mass is 388 g/mol. The molecule has 0 atom stereocenters. The normalized spacial score (nSPS) is 18.0. The van der Waals surface area contributed by atoms with Gasteiger partial charge in [0.25, 0.3) is 0 Å². The van der Waals surface area contributed by atoms with Crippen LogP contribution in [0.4, 0.5) is 13.2 Å². The molecule has 1 aliphatic heterocycles. The maximum atomic E-state index is 13.2. The van der Waals surface area contributed by atoms with Gasteiger partial charge in [0, 0.05) is 19.6 Å². The van der Waals surface area contributed by atoms with Gasteiger partial charge in [0.2, 0.25) is 10.0 Å². The third-order valence-electron chi connectivity index (χ3n) is 4.32. The lowest BCUT2D eigenvalue weighted by molar-refractivity contribution is -0.139. The highest BCUT2D eigenvalue weighted by molar-refractivity contribution is 7.89. The van der Waals surface area contributed by atoms with Crippen molar-refractivity contribution >= 4 is 10.0 Å². The van der Waals surface area contributed by atoms with Crippen molar-refractivity contribution in [1.82, 2.24) is 9.21 Å². The van der Waals surface area contributed by atoms with Crippen molar-refractivity contribution in [3.63, 3.8) is 0 Å². The van der Waals surface area contributed by atoms with E-state index in [0.717, 1.165) is 22.2 Å². The molecule has 9 heteroatoms. The summed E-state index contributed by atoms with van der Waals surface area (Å²) in [5.41, 5.74) is -1.13. The summed E-state index contributed by atoms with van der Waals surface area (Å²) in [7, 11) is -4.22. The van der Waals surface area contributed by atoms with Crippen LogP contribution in [0.5, 0.6) is 0 Å². The summed E-state index contributed by atoms with van der Waals surface area (Å²) in [5.74, 6) is 0.767. The molecule has 0 N–H and O–H groups in total. The van der Waals surface area contributed by atoms with Gasteiger partial charge in [-0.2, -0.15) is 17.5 Å². The molecular weight excluding hydrogens is 369 g/mol. The first-order chi connectivity index (χ1) is 12.3. The molecule has 0 saturated carbocycles. The Morgan fingerprint density at radius 3 is 2.46 bits per heavy atom. The number of sulfonamides is 1. The van der Waals surface area contributed by atoms with Crippen LogP contribution in [0.2, 0.25) is 0 Å². The number of hydrogen-bond acceptors (Lipinski definition) is 4. The predicted molar refractivity (Wildman–Crippen MR) is 88.8 cm³/mol. The van der Waals surface area contributed by atoms with Crippen molar-refractivity contribution in [3.8, 4) is 0 Å². The van der Waals surface area contributed by atoms with Crippen LogP contribution in [0.1, 0.15) is 17.7 Å². The van der Waals surface area contributed by atoms with Crippen molar-refractivity contribution < 1.29 is 26.0 Å². The summed E-state index contributed by atoms with van der Waals surface area (Å²) in [6, 6.07) is 7.92. The molecule has 0 spiro atoms. The molecule has 1 aromatic heterocycles. The molecule has 5 nitrogen and oxygen atoms in total. The third kappa shape index (κ3) is 4.11. The number of rotatable bonds is 4. The van der Waals surface area contributed by atoms with Crippen molar-refractivity contribution in [1.29, 1.82) is 0 Å². The number of halogens is 3. The number of alkyl halides is 3. The van der Waals surface area contributed by atoms with Crippen LogP contribution in [-0.4, -0.2) is 43.8 Å². The van der Waals surface area contributed by atoms with Crippen molar-refractivity contribution in [2.75, 3.05) is 26.2 Å². The summed E-state index contributed by atoms with van der Waals surface area (Å²) in [4.78, 5) is 1.34. The maximum Gasteiger partial charge on any atom is 0.417 e. The fraction of sp³-hybridized carbons (Fsp3) is 0.412. The van der Waals surface area contributed by atoms with Gasteiger partial charge >= 0.3 is 6.18 Å². The van der Waals surface area contributed by atoms with Gasteiger partial charge in [-0.15, -0.1) is 0 Å². The topological polar surface area (TPSA) is 53.8 Å². The van der Waals surface area contributed by atoms with E-state index in [2.05, 4.69) is 0 Å². The van der Waals surface area contributed by atoms with Crippen LogP contribution in [0.25, 0.3) is 0 Å². The minimum Gasteiger partial charge on any atom is -0.468 e. The molecule has 0 bridgehead atoms. The second-order valence-electron chi connectivity index (χ2n) is 6.11. The van der Waals surface area contributed by atoms with Crippen LogP contribution < -0.4 is 0 Å². The van der Waals surface area contributed by atoms with E-state index < -0.39 is 26.7 Å². The second kappa shape index (κ2) is 7.42. The van der Waals surface area contributed by atoms with Gasteiger partial charge in [-0.3, -0.25) is 4.90 Å². The summed E-state index contributed by atoms with van der Waals surface area (Å²) in [5, 5.41) is 0. The standard InChI is InChI=1S/C17H19F3N2O3S/c18-17(19,20)15-6-1-2-7-16(15)26(23,24)22-9-4-8-21(10-11-22)13-14-5-3-12-25-14/h1-3,5-7,12H,4,8-11,13H2. The molecule has 2 aromatic rings. The fourth-order valence-electron chi connectivity index (χ4n) is 3.03. The van der Waals surface area contributed by atoms with Crippen LogP contribution in [0.15, 0.2) is 52.0 Å². The first-order valence-corrected chi connectivity index (χ1v) is 9.63. The molecule has 0 radical (unpaired) electrons. The van der Waals surface area contributed by atoms with Crippen LogP contribution >= 0.6 is 0 Å². The molecule has 1 aliphatic rings. The molecule has 1 saturated heterocycles. The van der Waals surface area contributed by atoms with Gasteiger partial charge in [-0.25, -0.2) is 8.42 Å². The van der Waals surface area contributed by atoms with Crippen molar-refractivity contribution in [3.05, 3.63) is 54.0 Å². The van der Waals surface area contributed by atoms with Gasteiger partial charge in [0.1, 0.15) is 5.76 Å². The Morgan fingerprint density at radius 2 is 1.77 bits per heavy atom. The summed E-state index contributed by atoms with van der Waals surface area (Å²) >= 11 is 0. The zero-order valence-corrected chi connectivity index (χ0v) is 14.8. The molecule has 0 amide bonds. The highest BCUT2D eigenvalue weighted by atomic mass is 32.2. The minimum absolute atomic E-state index is 0.134. The van der Waals surface area contributed by atoms with E-state index >= 15 is 0 Å². The van der Waals surface area contributed by atoms with Gasteiger partial charge in [-0.05, 0) is 37.2 Å². The lowest BCUT2D eigenvalue weighted by Gasteiger charge is -2.23. The van der Waals surface area contributed by atoms with Crippen LogP contribution in [0.3, 0.4) is 0 Å². The lowest BCUT2D eigenvalue weighted by Crippen LogP contribution is -2.36. The number of benzene rings is 1. The predicted octanol–water partition coefficient (Wildman–Crippen LogP) is 3.20. The van der Waals surface area contributed by atoms with Gasteiger partial charge in [0.05, 0.1) is 23.3 Å². The molecule has 2 heterocycles. The SMILES string of the molecule is O=S(=O)(c1ccccc1C(F)(F)F)N1CCCN(Cc2ccco2)CC1. The van der Waals surface area contributed by atoms with E-state index in [1.54, 1.807) is 12.3 Å². The Balaban J connectivity index is 1.78. The number of nitrogens with zero attached hydrogens (tertiary/aromatic N) is 2. The minimum atomic E-state index is -4.72. The Kier molecular flexibility index (Phi) is 5.40. The molecule has 1 aromatic carbocycles. The molecule has 1 fully saturated rings. The van der Waals surface area contributed by atoms with Crippen molar-refractivity contribution in [2.24, 2.45) is 0 Å². The Labute approximate surface area is 150 Å². The molecule has 0 unspecified atom stereocenters. The van der Waals surface area contributed by atoms with Crippen LogP contribution in [-0.2, 0) is 22.7 Å². The van der Waals surface area contributed by atoms with Crippen molar-refractivity contribution in [2.45, 2.75) is 24.0 Å². The largest absolute Gasteiger partial charge is 0.468 e. The molecular formula is C17H19F3N2O3S. The smallest absolute Gasteiger partial charge is 0.417 e. The first kappa shape index (κ1) is 18.9. The second-order valence-corrected chi connectivity index (χ2v) is 8.01. The van der Waals surface area contributed by atoms with Gasteiger partial charge < -0.3 is 4.42 Å². The van der Waals surface area contributed by atoms with E-state index in [1.807, 2.05) is 11.0 Å². The Bertz CT molecular complexity index is 835. The number of hydrogen-bond donors (Lipinski definition) is 0. The molecule has 142 valence electrons. The van der Waals surface area contributed by atoms with E-state index in [4.69, 9.17) is 4.42 Å². The average Bonchev–Trinajstić information content (AvgIpc) is 2.98. The van der Waals surface area contributed by atoms with E-state index in [9.17, 15) is 21.6 Å². The fourth-order valence-corrected chi connectivity index (χ4v) is 4.72. The van der Waals surface area contributed by atoms with E-state index in [-0.39, 0.29) is 13.1 Å². The van der Waals surface area contributed by atoms with Gasteiger partial charge in [0.15, 0.2) is 0 Å². The van der Waals surface area contributed by atoms with E-state index in [0.29, 0.717) is 26.1 Å². The van der Waals surface area contributed by atoms with Crippen LogP contribution in [0, 0.1) is 0 Å². The number of furan rings is 1. The summed E-state index contributed by atoms with van der Waals surface area (Å²) in [6.45, 7) is 1.93. The summed E-state index contributed by atoms with van der Waals surface area (Å²) < 4.78 is 71.7. The maximum absolute atomic E-state index is 13.2. The molecule has 3 rings (SSSR count). The highest BCUT2D eigenvalue weighted by Crippen LogP contribution is 2.35. The van der Waals surface area contributed by atoms with E-state index in [1.165, 1.54) is 12.1 Å².